The van der Waals surface area contributed by atoms with Crippen molar-refractivity contribution in [2.75, 3.05) is 5.32 Å². The van der Waals surface area contributed by atoms with E-state index in [9.17, 15) is 0 Å². The van der Waals surface area contributed by atoms with Crippen LogP contribution in [0.4, 0.5) is 5.82 Å². The summed E-state index contributed by atoms with van der Waals surface area (Å²) in [6.07, 6.45) is 2.66. The van der Waals surface area contributed by atoms with Gasteiger partial charge in [0.15, 0.2) is 0 Å². The monoisotopic (exact) mass is 261 g/mol. The second-order valence-electron chi connectivity index (χ2n) is 6.97. The topological polar surface area (TPSA) is 37.0 Å². The third kappa shape index (κ3) is 4.83. The van der Waals surface area contributed by atoms with Crippen LogP contribution in [0.1, 0.15) is 64.6 Å². The number of anilines is 1. The molecule has 106 valence electrons. The van der Waals surface area contributed by atoms with Crippen LogP contribution in [-0.2, 0) is 6.54 Å². The van der Waals surface area contributed by atoms with E-state index < -0.39 is 0 Å². The van der Waals surface area contributed by atoms with Crippen LogP contribution in [0.15, 0.2) is 12.1 Å². The molecule has 0 unspecified atom stereocenters. The average Bonchev–Trinajstić information content (AvgIpc) is 3.07. The van der Waals surface area contributed by atoms with Crippen LogP contribution < -0.4 is 10.6 Å². The predicted octanol–water partition coefficient (Wildman–Crippen LogP) is 3.67. The third-order valence-electron chi connectivity index (χ3n) is 3.17. The molecule has 1 aromatic rings. The first-order chi connectivity index (χ1) is 8.83. The molecule has 3 nitrogen and oxygen atoms in total. The smallest absolute Gasteiger partial charge is 0.126 e. The van der Waals surface area contributed by atoms with Crippen LogP contribution in [0.3, 0.4) is 0 Å². The Kier molecular flexibility index (Phi) is 4.14. The van der Waals surface area contributed by atoms with Gasteiger partial charge in [-0.3, -0.25) is 0 Å². The van der Waals surface area contributed by atoms with Gasteiger partial charge in [0.2, 0.25) is 0 Å². The van der Waals surface area contributed by atoms with E-state index in [1.54, 1.807) is 0 Å². The SMILES string of the molecule is CC(C)c1cc(CNC2CC2)cc(NC(C)(C)C)n1. The molecule has 1 saturated carbocycles. The van der Waals surface area contributed by atoms with Crippen molar-refractivity contribution in [2.45, 2.75) is 71.5 Å². The summed E-state index contributed by atoms with van der Waals surface area (Å²) in [6.45, 7) is 11.8. The molecule has 0 spiro atoms. The molecule has 0 atom stereocenters. The van der Waals surface area contributed by atoms with Gasteiger partial charge in [-0.05, 0) is 57.2 Å². The van der Waals surface area contributed by atoms with Gasteiger partial charge in [0.1, 0.15) is 5.82 Å². The van der Waals surface area contributed by atoms with E-state index >= 15 is 0 Å². The van der Waals surface area contributed by atoms with Gasteiger partial charge in [0.05, 0.1) is 0 Å². The quantitative estimate of drug-likeness (QED) is 0.849. The maximum absolute atomic E-state index is 4.72. The predicted molar refractivity (Wildman–Crippen MR) is 81.6 cm³/mol. The molecule has 1 aromatic heterocycles. The number of nitrogens with zero attached hydrogens (tertiary/aromatic N) is 1. The van der Waals surface area contributed by atoms with E-state index in [4.69, 9.17) is 4.98 Å². The van der Waals surface area contributed by atoms with Gasteiger partial charge in [-0.1, -0.05) is 13.8 Å². The molecule has 19 heavy (non-hydrogen) atoms. The van der Waals surface area contributed by atoms with Crippen LogP contribution in [-0.4, -0.2) is 16.6 Å². The van der Waals surface area contributed by atoms with E-state index in [2.05, 4.69) is 57.4 Å². The molecular weight excluding hydrogens is 234 g/mol. The molecular formula is C16H27N3. The minimum absolute atomic E-state index is 0.0454. The summed E-state index contributed by atoms with van der Waals surface area (Å²) < 4.78 is 0. The molecule has 1 heterocycles. The van der Waals surface area contributed by atoms with E-state index in [0.717, 1.165) is 18.4 Å². The Bertz CT molecular complexity index is 428. The highest BCUT2D eigenvalue weighted by Gasteiger charge is 2.20. The van der Waals surface area contributed by atoms with Crippen molar-refractivity contribution >= 4 is 5.82 Å². The minimum atomic E-state index is 0.0454. The average molecular weight is 261 g/mol. The first kappa shape index (κ1) is 14.3. The Balaban J connectivity index is 2.15. The largest absolute Gasteiger partial charge is 0.365 e. The summed E-state index contributed by atoms with van der Waals surface area (Å²) in [6, 6.07) is 5.15. The fourth-order valence-corrected chi connectivity index (χ4v) is 2.01. The molecule has 0 radical (unpaired) electrons. The lowest BCUT2D eigenvalue weighted by Crippen LogP contribution is -2.27. The first-order valence-corrected chi connectivity index (χ1v) is 7.36. The van der Waals surface area contributed by atoms with Crippen molar-refractivity contribution in [1.82, 2.24) is 10.3 Å². The molecule has 1 aliphatic carbocycles. The summed E-state index contributed by atoms with van der Waals surface area (Å²) >= 11 is 0. The van der Waals surface area contributed by atoms with Crippen molar-refractivity contribution in [3.63, 3.8) is 0 Å². The normalized spacial score (nSPS) is 15.9. The zero-order chi connectivity index (χ0) is 14.0. The van der Waals surface area contributed by atoms with E-state index in [-0.39, 0.29) is 5.54 Å². The number of pyridine rings is 1. The van der Waals surface area contributed by atoms with Gasteiger partial charge in [0.25, 0.3) is 0 Å². The lowest BCUT2D eigenvalue weighted by molar-refractivity contribution is 0.627. The van der Waals surface area contributed by atoms with Crippen LogP contribution in [0.2, 0.25) is 0 Å². The maximum atomic E-state index is 4.72. The Labute approximate surface area is 117 Å². The molecule has 2 N–H and O–H groups in total. The van der Waals surface area contributed by atoms with Gasteiger partial charge >= 0.3 is 0 Å². The number of rotatable bonds is 5. The van der Waals surface area contributed by atoms with Crippen molar-refractivity contribution in [2.24, 2.45) is 0 Å². The van der Waals surface area contributed by atoms with Crippen LogP contribution in [0, 0.1) is 0 Å². The van der Waals surface area contributed by atoms with Crippen molar-refractivity contribution in [1.29, 1.82) is 0 Å². The van der Waals surface area contributed by atoms with Gasteiger partial charge < -0.3 is 10.6 Å². The van der Waals surface area contributed by atoms with Gasteiger partial charge in [0, 0.05) is 23.8 Å². The van der Waals surface area contributed by atoms with E-state index in [1.807, 2.05) is 0 Å². The maximum Gasteiger partial charge on any atom is 0.126 e. The first-order valence-electron chi connectivity index (χ1n) is 7.36. The lowest BCUT2D eigenvalue weighted by Gasteiger charge is -2.23. The van der Waals surface area contributed by atoms with Gasteiger partial charge in [-0.2, -0.15) is 0 Å². The molecule has 0 aliphatic heterocycles. The fraction of sp³-hybridized carbons (Fsp3) is 0.688. The molecule has 0 amide bonds. The van der Waals surface area contributed by atoms with Crippen molar-refractivity contribution in [3.8, 4) is 0 Å². The summed E-state index contributed by atoms with van der Waals surface area (Å²) in [5.74, 6) is 1.45. The van der Waals surface area contributed by atoms with Crippen molar-refractivity contribution in [3.05, 3.63) is 23.4 Å². The zero-order valence-corrected chi connectivity index (χ0v) is 12.9. The van der Waals surface area contributed by atoms with Crippen LogP contribution in [0.25, 0.3) is 0 Å². The Morgan fingerprint density at radius 1 is 1.26 bits per heavy atom. The molecule has 0 saturated heterocycles. The van der Waals surface area contributed by atoms with E-state index in [0.29, 0.717) is 5.92 Å². The summed E-state index contributed by atoms with van der Waals surface area (Å²) in [5, 5.41) is 7.05. The molecule has 3 heteroatoms. The standard InChI is InChI=1S/C16H27N3/c1-11(2)14-8-12(10-17-13-6-7-13)9-15(18-14)19-16(3,4)5/h8-9,11,13,17H,6-7,10H2,1-5H3,(H,18,19). The van der Waals surface area contributed by atoms with E-state index in [1.165, 1.54) is 24.1 Å². The Morgan fingerprint density at radius 3 is 2.47 bits per heavy atom. The van der Waals surface area contributed by atoms with Gasteiger partial charge in [-0.25, -0.2) is 4.98 Å². The number of hydrogen-bond donors (Lipinski definition) is 2. The minimum Gasteiger partial charge on any atom is -0.365 e. The second kappa shape index (κ2) is 5.49. The summed E-state index contributed by atoms with van der Waals surface area (Å²) in [4.78, 5) is 4.72. The second-order valence-corrected chi connectivity index (χ2v) is 6.97. The highest BCUT2D eigenvalue weighted by atomic mass is 15.0. The Hall–Kier alpha value is -1.09. The highest BCUT2D eigenvalue weighted by Crippen LogP contribution is 2.22. The van der Waals surface area contributed by atoms with Gasteiger partial charge in [-0.15, -0.1) is 0 Å². The Morgan fingerprint density at radius 2 is 1.95 bits per heavy atom. The number of aromatic nitrogens is 1. The summed E-state index contributed by atoms with van der Waals surface area (Å²) in [5.41, 5.74) is 2.54. The van der Waals surface area contributed by atoms with Crippen LogP contribution >= 0.6 is 0 Å². The lowest BCUT2D eigenvalue weighted by atomic mass is 10.1. The molecule has 0 aromatic carbocycles. The van der Waals surface area contributed by atoms with Crippen LogP contribution in [0.5, 0.6) is 0 Å². The number of hydrogen-bond acceptors (Lipinski definition) is 3. The third-order valence-corrected chi connectivity index (χ3v) is 3.17. The summed E-state index contributed by atoms with van der Waals surface area (Å²) in [7, 11) is 0. The zero-order valence-electron chi connectivity index (χ0n) is 12.9. The number of nitrogens with one attached hydrogen (secondary N) is 2. The molecule has 1 aliphatic rings. The van der Waals surface area contributed by atoms with Crippen molar-refractivity contribution < 1.29 is 0 Å². The fourth-order valence-electron chi connectivity index (χ4n) is 2.01. The highest BCUT2D eigenvalue weighted by molar-refractivity contribution is 5.42. The molecule has 0 bridgehead atoms. The molecule has 1 fully saturated rings. The molecule has 2 rings (SSSR count).